The zero-order valence-electron chi connectivity index (χ0n) is 35.1. The lowest BCUT2D eigenvalue weighted by atomic mass is 10.1. The second-order valence-electron chi connectivity index (χ2n) is 17.3. The summed E-state index contributed by atoms with van der Waals surface area (Å²) in [5.41, 5.74) is 17.6. The minimum absolute atomic E-state index is 0.903. The SMILES string of the molecule is c1ccc(-n2c3cccc4oc5cc6cc7oc8cccc9c8p8c%10c(cccc%10n(-c%10ccccc%10)c(c6c6c5p(c43)c3c2cccc3n6-c2ccccc2)c78)n9-c2ccccc2)cc1. The molecule has 6 heterocycles. The van der Waals surface area contributed by atoms with E-state index in [4.69, 9.17) is 8.83 Å². The van der Waals surface area contributed by atoms with Gasteiger partial charge in [-0.15, -0.1) is 0 Å². The van der Waals surface area contributed by atoms with Crippen molar-refractivity contribution in [2.75, 3.05) is 0 Å². The molecular weight excluding hydrogens is 847 g/mol. The molecule has 8 heteroatoms. The van der Waals surface area contributed by atoms with Crippen LogP contribution in [0.3, 0.4) is 0 Å². The summed E-state index contributed by atoms with van der Waals surface area (Å²) in [4.78, 5) is 0. The van der Waals surface area contributed by atoms with Crippen molar-refractivity contribution in [3.05, 3.63) is 206 Å². The number of nitrogens with zero attached hydrogens (tertiary/aromatic N) is 4. The minimum atomic E-state index is -1.08. The first-order valence-electron chi connectivity index (χ1n) is 22.4. The van der Waals surface area contributed by atoms with Gasteiger partial charge in [-0.05, 0) is 115 Å². The zero-order chi connectivity index (χ0) is 42.8. The highest BCUT2D eigenvalue weighted by Gasteiger charge is 2.30. The van der Waals surface area contributed by atoms with Gasteiger partial charge in [0.15, 0.2) is 0 Å². The molecule has 0 N–H and O–H groups in total. The highest BCUT2D eigenvalue weighted by atomic mass is 31.1. The van der Waals surface area contributed by atoms with Crippen LogP contribution in [0.4, 0.5) is 0 Å². The molecule has 2 atom stereocenters. The van der Waals surface area contributed by atoms with Crippen molar-refractivity contribution in [1.29, 1.82) is 0 Å². The van der Waals surface area contributed by atoms with Crippen molar-refractivity contribution < 1.29 is 8.83 Å². The summed E-state index contributed by atoms with van der Waals surface area (Å²) in [6.07, 6.45) is 0. The molecule has 6 nitrogen and oxygen atoms in total. The lowest BCUT2D eigenvalue weighted by Gasteiger charge is -2.28. The maximum Gasteiger partial charge on any atom is 0.141 e. The fraction of sp³-hybridized carbons (Fsp3) is 0. The van der Waals surface area contributed by atoms with Crippen LogP contribution < -0.4 is 0 Å². The Morgan fingerprint density at radius 2 is 0.591 bits per heavy atom. The van der Waals surface area contributed by atoms with Gasteiger partial charge in [-0.25, -0.2) is 0 Å². The van der Waals surface area contributed by atoms with Gasteiger partial charge in [-0.3, -0.25) is 0 Å². The fourth-order valence-electron chi connectivity index (χ4n) is 11.5. The second-order valence-corrected chi connectivity index (χ2v) is 21.4. The molecule has 66 heavy (non-hydrogen) atoms. The Balaban J connectivity index is 1.24. The van der Waals surface area contributed by atoms with Crippen LogP contribution in [-0.4, -0.2) is 18.3 Å². The Hall–Kier alpha value is -8.14. The van der Waals surface area contributed by atoms with Crippen molar-refractivity contribution in [2.45, 2.75) is 0 Å². The molecule has 0 bridgehead atoms. The van der Waals surface area contributed by atoms with Crippen LogP contribution in [0.2, 0.25) is 0 Å². The van der Waals surface area contributed by atoms with Gasteiger partial charge in [0, 0.05) is 38.4 Å². The summed E-state index contributed by atoms with van der Waals surface area (Å²) in [6, 6.07) is 75.1. The number of rotatable bonds is 4. The van der Waals surface area contributed by atoms with E-state index in [1.165, 1.54) is 80.2 Å². The second kappa shape index (κ2) is 12.8. The molecule has 0 saturated carbocycles. The molecule has 2 unspecified atom stereocenters. The molecule has 0 saturated heterocycles. The molecule has 0 aliphatic carbocycles. The van der Waals surface area contributed by atoms with E-state index in [1.54, 1.807) is 0 Å². The maximum absolute atomic E-state index is 7.29. The monoisotopic (exact) mass is 880 g/mol. The summed E-state index contributed by atoms with van der Waals surface area (Å²) < 4.78 is 24.6. The summed E-state index contributed by atoms with van der Waals surface area (Å²) in [7, 11) is -2.17. The molecule has 0 fully saturated rings. The molecule has 0 amide bonds. The largest absolute Gasteiger partial charge is 0.455 e. The number of hydrogen-bond donors (Lipinski definition) is 0. The number of hydrogen-bond acceptors (Lipinski definition) is 2. The van der Waals surface area contributed by atoms with Crippen molar-refractivity contribution in [1.82, 2.24) is 18.3 Å². The van der Waals surface area contributed by atoms with Gasteiger partial charge in [0.1, 0.15) is 22.3 Å². The van der Waals surface area contributed by atoms with E-state index in [1.807, 2.05) is 0 Å². The lowest BCUT2D eigenvalue weighted by molar-refractivity contribution is 0.663. The molecule has 0 aliphatic rings. The van der Waals surface area contributed by atoms with Crippen molar-refractivity contribution in [3.63, 3.8) is 0 Å². The molecule has 6 aromatic heterocycles. The van der Waals surface area contributed by atoms with Gasteiger partial charge >= 0.3 is 0 Å². The molecule has 0 radical (unpaired) electrons. The molecule has 10 aromatic carbocycles. The van der Waals surface area contributed by atoms with Crippen LogP contribution in [0.15, 0.2) is 215 Å². The maximum atomic E-state index is 7.29. The first-order valence-corrected chi connectivity index (χ1v) is 25.0. The van der Waals surface area contributed by atoms with E-state index in [2.05, 4.69) is 225 Å². The first kappa shape index (κ1) is 35.2. The van der Waals surface area contributed by atoms with Crippen LogP contribution in [0, 0.1) is 0 Å². The van der Waals surface area contributed by atoms with E-state index in [0.717, 1.165) is 50.5 Å². The normalized spacial score (nSPS) is 13.1. The van der Waals surface area contributed by atoms with Crippen molar-refractivity contribution in [3.8, 4) is 22.7 Å². The van der Waals surface area contributed by atoms with E-state index >= 15 is 0 Å². The lowest BCUT2D eigenvalue weighted by Crippen LogP contribution is -2.07. The Kier molecular flexibility index (Phi) is 6.82. The highest BCUT2D eigenvalue weighted by molar-refractivity contribution is 7.64. The molecule has 0 spiro atoms. The Morgan fingerprint density at radius 1 is 0.273 bits per heavy atom. The van der Waals surface area contributed by atoms with Crippen LogP contribution in [-0.2, 0) is 0 Å². The number of fused-ring (bicyclic) bond motifs is 3. The standard InChI is InChI=1S/C58H34N4O2P2/c1-5-17-36(18-6-1)59-40-25-13-27-42-53(40)65-55-44(59)29-15-31-46(55)63-48-33-35-34-49-58-52(50(35)51(57(48)65)61(42)38-21-9-3-10-22-38)62(39-23-11-4-12-24-39)43-28-14-26-41-54(43)66(58)56-45(30-16-32-47(56)64-49)60(41)37-19-7-2-8-20-37/h1-34H. The number of benzene rings is 10. The van der Waals surface area contributed by atoms with Gasteiger partial charge in [0.2, 0.25) is 0 Å². The molecule has 16 aromatic rings. The third kappa shape index (κ3) is 4.38. The molecule has 16 rings (SSSR count). The van der Waals surface area contributed by atoms with Gasteiger partial charge in [-0.1, -0.05) is 112 Å². The van der Waals surface area contributed by atoms with Gasteiger partial charge < -0.3 is 27.1 Å². The quantitative estimate of drug-likeness (QED) is 0.131. The summed E-state index contributed by atoms with van der Waals surface area (Å²) in [5, 5.41) is 9.99. The summed E-state index contributed by atoms with van der Waals surface area (Å²) >= 11 is 0. The van der Waals surface area contributed by atoms with E-state index in [9.17, 15) is 0 Å². The highest BCUT2D eigenvalue weighted by Crippen LogP contribution is 2.60. The number of aromatic nitrogens is 4. The van der Waals surface area contributed by atoms with Crippen molar-refractivity contribution >= 4 is 123 Å². The van der Waals surface area contributed by atoms with Crippen LogP contribution in [0.1, 0.15) is 0 Å². The predicted molar refractivity (Wildman–Crippen MR) is 277 cm³/mol. The van der Waals surface area contributed by atoms with E-state index in [0.29, 0.717) is 0 Å². The Labute approximate surface area is 377 Å². The molecule has 308 valence electrons. The van der Waals surface area contributed by atoms with Crippen LogP contribution in [0.25, 0.3) is 131 Å². The third-order valence-corrected chi connectivity index (χ3v) is 19.3. The first-order chi connectivity index (χ1) is 32.8. The van der Waals surface area contributed by atoms with Gasteiger partial charge in [0.05, 0.1) is 64.6 Å². The third-order valence-electron chi connectivity index (χ3n) is 13.9. The van der Waals surface area contributed by atoms with Crippen LogP contribution >= 0.6 is 14.7 Å². The van der Waals surface area contributed by atoms with Gasteiger partial charge in [0.25, 0.3) is 0 Å². The minimum Gasteiger partial charge on any atom is -0.455 e. The summed E-state index contributed by atoms with van der Waals surface area (Å²) in [6.45, 7) is 0. The van der Waals surface area contributed by atoms with E-state index in [-0.39, 0.29) is 0 Å². The zero-order valence-corrected chi connectivity index (χ0v) is 36.9. The van der Waals surface area contributed by atoms with E-state index < -0.39 is 14.7 Å². The fourth-order valence-corrected chi connectivity index (χ4v) is 17.5. The molecule has 0 aliphatic heterocycles. The number of para-hydroxylation sites is 4. The molecular formula is C58H34N4O2P2. The Bertz CT molecular complexity index is 4380. The Morgan fingerprint density at radius 3 is 0.970 bits per heavy atom. The van der Waals surface area contributed by atoms with Gasteiger partial charge in [-0.2, -0.15) is 0 Å². The van der Waals surface area contributed by atoms with Crippen LogP contribution in [0.5, 0.6) is 0 Å². The van der Waals surface area contributed by atoms with Crippen molar-refractivity contribution in [2.24, 2.45) is 0 Å². The average molecular weight is 881 g/mol. The predicted octanol–water partition coefficient (Wildman–Crippen LogP) is 17.3. The average Bonchev–Trinajstić information content (AvgIpc) is 3.37. The topological polar surface area (TPSA) is 46.0 Å². The summed E-state index contributed by atoms with van der Waals surface area (Å²) in [5.74, 6) is 0. The smallest absolute Gasteiger partial charge is 0.141 e.